The van der Waals surface area contributed by atoms with Gasteiger partial charge in [-0.2, -0.15) is 0 Å². The van der Waals surface area contributed by atoms with E-state index < -0.39 is 0 Å². The summed E-state index contributed by atoms with van der Waals surface area (Å²) in [5, 5.41) is 0. The SMILES string of the molecule is COc1ccc(C2=NC(C(C)C)CO2)cn1. The van der Waals surface area contributed by atoms with E-state index in [4.69, 9.17) is 9.47 Å². The average Bonchev–Trinajstić information content (AvgIpc) is 2.78. The zero-order chi connectivity index (χ0) is 11.5. The molecule has 0 fully saturated rings. The summed E-state index contributed by atoms with van der Waals surface area (Å²) in [6, 6.07) is 3.98. The van der Waals surface area contributed by atoms with E-state index >= 15 is 0 Å². The van der Waals surface area contributed by atoms with Crippen molar-refractivity contribution in [3.8, 4) is 5.88 Å². The van der Waals surface area contributed by atoms with E-state index in [2.05, 4.69) is 23.8 Å². The van der Waals surface area contributed by atoms with Crippen molar-refractivity contribution in [3.05, 3.63) is 23.9 Å². The highest BCUT2D eigenvalue weighted by atomic mass is 16.5. The van der Waals surface area contributed by atoms with Crippen LogP contribution in [-0.2, 0) is 4.74 Å². The predicted octanol–water partition coefficient (Wildman–Crippen LogP) is 1.89. The Morgan fingerprint density at radius 1 is 1.44 bits per heavy atom. The lowest BCUT2D eigenvalue weighted by Gasteiger charge is -2.06. The highest BCUT2D eigenvalue weighted by molar-refractivity contribution is 5.94. The van der Waals surface area contributed by atoms with Crippen LogP contribution in [0.5, 0.6) is 5.88 Å². The Labute approximate surface area is 95.3 Å². The van der Waals surface area contributed by atoms with Gasteiger partial charge in [0.05, 0.1) is 18.7 Å². The summed E-state index contributed by atoms with van der Waals surface area (Å²) in [6.45, 7) is 4.96. The van der Waals surface area contributed by atoms with Crippen LogP contribution in [0.4, 0.5) is 0 Å². The molecule has 0 saturated heterocycles. The zero-order valence-electron chi connectivity index (χ0n) is 9.80. The van der Waals surface area contributed by atoms with E-state index in [1.54, 1.807) is 13.3 Å². The monoisotopic (exact) mass is 220 g/mol. The molecule has 1 unspecified atom stereocenters. The van der Waals surface area contributed by atoms with Gasteiger partial charge in [0.2, 0.25) is 11.8 Å². The highest BCUT2D eigenvalue weighted by Gasteiger charge is 2.22. The van der Waals surface area contributed by atoms with E-state index in [1.807, 2.05) is 12.1 Å². The molecule has 0 spiro atoms. The van der Waals surface area contributed by atoms with Crippen molar-refractivity contribution in [3.63, 3.8) is 0 Å². The van der Waals surface area contributed by atoms with Gasteiger partial charge in [-0.05, 0) is 12.0 Å². The molecule has 4 heteroatoms. The molecule has 0 N–H and O–H groups in total. The Bertz CT molecular complexity index is 385. The number of hydrogen-bond donors (Lipinski definition) is 0. The topological polar surface area (TPSA) is 43.7 Å². The molecule has 1 aliphatic heterocycles. The average molecular weight is 220 g/mol. The number of rotatable bonds is 3. The quantitative estimate of drug-likeness (QED) is 0.781. The molecule has 1 aliphatic rings. The molecule has 0 aliphatic carbocycles. The molecule has 86 valence electrons. The number of nitrogens with zero attached hydrogens (tertiary/aromatic N) is 2. The van der Waals surface area contributed by atoms with Gasteiger partial charge in [0.1, 0.15) is 6.61 Å². The molecule has 16 heavy (non-hydrogen) atoms. The van der Waals surface area contributed by atoms with E-state index in [0.717, 1.165) is 5.56 Å². The number of methoxy groups -OCH3 is 1. The molecular formula is C12H16N2O2. The molecule has 0 radical (unpaired) electrons. The first-order valence-corrected chi connectivity index (χ1v) is 5.41. The fraction of sp³-hybridized carbons (Fsp3) is 0.500. The van der Waals surface area contributed by atoms with Crippen LogP contribution in [0.15, 0.2) is 23.3 Å². The van der Waals surface area contributed by atoms with Crippen molar-refractivity contribution in [1.82, 2.24) is 4.98 Å². The molecular weight excluding hydrogens is 204 g/mol. The van der Waals surface area contributed by atoms with Crippen LogP contribution in [0.2, 0.25) is 0 Å². The number of hydrogen-bond acceptors (Lipinski definition) is 4. The van der Waals surface area contributed by atoms with E-state index in [0.29, 0.717) is 24.3 Å². The van der Waals surface area contributed by atoms with Crippen molar-refractivity contribution < 1.29 is 9.47 Å². The van der Waals surface area contributed by atoms with Gasteiger partial charge in [0.25, 0.3) is 0 Å². The first-order valence-electron chi connectivity index (χ1n) is 5.41. The second-order valence-corrected chi connectivity index (χ2v) is 4.15. The van der Waals surface area contributed by atoms with Gasteiger partial charge in [-0.15, -0.1) is 0 Å². The molecule has 0 aromatic carbocycles. The summed E-state index contributed by atoms with van der Waals surface area (Å²) in [5.41, 5.74) is 0.906. The van der Waals surface area contributed by atoms with Gasteiger partial charge in [0, 0.05) is 12.3 Å². The molecule has 0 saturated carbocycles. The lowest BCUT2D eigenvalue weighted by molar-refractivity contribution is 0.291. The minimum Gasteiger partial charge on any atom is -0.481 e. The first kappa shape index (κ1) is 10.9. The minimum absolute atomic E-state index is 0.261. The zero-order valence-corrected chi connectivity index (χ0v) is 9.80. The van der Waals surface area contributed by atoms with Crippen LogP contribution < -0.4 is 4.74 Å². The molecule has 4 nitrogen and oxygen atoms in total. The predicted molar refractivity (Wildman–Crippen MR) is 61.9 cm³/mol. The van der Waals surface area contributed by atoms with Crippen LogP contribution in [-0.4, -0.2) is 30.6 Å². The van der Waals surface area contributed by atoms with E-state index in [1.165, 1.54) is 0 Å². The van der Waals surface area contributed by atoms with Crippen molar-refractivity contribution in [2.45, 2.75) is 19.9 Å². The molecule has 1 aromatic rings. The third-order valence-electron chi connectivity index (χ3n) is 2.64. The summed E-state index contributed by atoms with van der Waals surface area (Å²) < 4.78 is 10.6. The van der Waals surface area contributed by atoms with Gasteiger partial charge in [0.15, 0.2) is 0 Å². The number of aromatic nitrogens is 1. The Kier molecular flexibility index (Phi) is 3.08. The van der Waals surface area contributed by atoms with Crippen molar-refractivity contribution in [1.29, 1.82) is 0 Å². The largest absolute Gasteiger partial charge is 0.481 e. The maximum absolute atomic E-state index is 5.56. The molecule has 2 rings (SSSR count). The summed E-state index contributed by atoms with van der Waals surface area (Å²) in [5.74, 6) is 1.79. The summed E-state index contributed by atoms with van der Waals surface area (Å²) in [6.07, 6.45) is 1.72. The van der Waals surface area contributed by atoms with Crippen molar-refractivity contribution in [2.75, 3.05) is 13.7 Å². The third kappa shape index (κ3) is 2.15. The molecule has 0 amide bonds. The Morgan fingerprint density at radius 3 is 2.75 bits per heavy atom. The maximum atomic E-state index is 5.56. The Hall–Kier alpha value is -1.58. The second-order valence-electron chi connectivity index (χ2n) is 4.15. The maximum Gasteiger partial charge on any atom is 0.218 e. The molecule has 0 bridgehead atoms. The fourth-order valence-electron chi connectivity index (χ4n) is 1.52. The smallest absolute Gasteiger partial charge is 0.218 e. The Morgan fingerprint density at radius 2 is 2.25 bits per heavy atom. The lowest BCUT2D eigenvalue weighted by atomic mass is 10.1. The van der Waals surface area contributed by atoms with Gasteiger partial charge >= 0.3 is 0 Å². The molecule has 1 atom stereocenters. The van der Waals surface area contributed by atoms with Crippen LogP contribution >= 0.6 is 0 Å². The highest BCUT2D eigenvalue weighted by Crippen LogP contribution is 2.18. The first-order chi connectivity index (χ1) is 7.70. The van der Waals surface area contributed by atoms with Gasteiger partial charge in [-0.3, -0.25) is 0 Å². The van der Waals surface area contributed by atoms with Gasteiger partial charge in [-0.1, -0.05) is 13.8 Å². The van der Waals surface area contributed by atoms with Crippen LogP contribution in [0.3, 0.4) is 0 Å². The number of aliphatic imine (C=N–C) groups is 1. The third-order valence-corrected chi connectivity index (χ3v) is 2.64. The fourth-order valence-corrected chi connectivity index (χ4v) is 1.52. The van der Waals surface area contributed by atoms with Crippen molar-refractivity contribution in [2.24, 2.45) is 10.9 Å². The molecule has 1 aromatic heterocycles. The van der Waals surface area contributed by atoms with Gasteiger partial charge < -0.3 is 9.47 Å². The Balaban J connectivity index is 2.16. The summed E-state index contributed by atoms with van der Waals surface area (Å²) >= 11 is 0. The van der Waals surface area contributed by atoms with Gasteiger partial charge in [-0.25, -0.2) is 9.98 Å². The standard InChI is InChI=1S/C12H16N2O2/c1-8(2)10-7-16-12(14-10)9-4-5-11(15-3)13-6-9/h4-6,8,10H,7H2,1-3H3. The van der Waals surface area contributed by atoms with E-state index in [9.17, 15) is 0 Å². The second kappa shape index (κ2) is 4.51. The number of ether oxygens (including phenoxy) is 2. The summed E-state index contributed by atoms with van der Waals surface area (Å²) in [7, 11) is 1.60. The molecule has 2 heterocycles. The van der Waals surface area contributed by atoms with E-state index in [-0.39, 0.29) is 6.04 Å². The van der Waals surface area contributed by atoms with Crippen molar-refractivity contribution >= 4 is 5.90 Å². The normalized spacial score (nSPS) is 19.5. The minimum atomic E-state index is 0.261. The lowest BCUT2D eigenvalue weighted by Crippen LogP contribution is -2.13. The van der Waals surface area contributed by atoms with Crippen LogP contribution in [0.25, 0.3) is 0 Å². The number of pyridine rings is 1. The summed E-state index contributed by atoms with van der Waals surface area (Å²) in [4.78, 5) is 8.66. The van der Waals surface area contributed by atoms with Crippen LogP contribution in [0, 0.1) is 5.92 Å². The van der Waals surface area contributed by atoms with Crippen LogP contribution in [0.1, 0.15) is 19.4 Å².